The fourth-order valence-corrected chi connectivity index (χ4v) is 2.18. The maximum atomic E-state index is 13.9. The van der Waals surface area contributed by atoms with Crippen molar-refractivity contribution in [2.24, 2.45) is 0 Å². The molecule has 0 bridgehead atoms. The van der Waals surface area contributed by atoms with E-state index in [1.165, 1.54) is 0 Å². The Bertz CT molecular complexity index is 925. The Hall–Kier alpha value is -2.92. The molecule has 0 aliphatic rings. The second-order valence-electron chi connectivity index (χ2n) is 5.59. The third kappa shape index (κ3) is 3.83. The van der Waals surface area contributed by atoms with Crippen molar-refractivity contribution in [1.29, 1.82) is 0 Å². The van der Waals surface area contributed by atoms with Gasteiger partial charge in [0.15, 0.2) is 23.6 Å². The van der Waals surface area contributed by atoms with E-state index < -0.39 is 69.9 Å². The second kappa shape index (κ2) is 7.48. The molecule has 0 spiro atoms. The summed E-state index contributed by atoms with van der Waals surface area (Å²) in [6, 6.07) is 1.16. The fraction of sp³-hybridized carbons (Fsp3) is 0.176. The number of hydrogen-bond donors (Lipinski definition) is 1. The van der Waals surface area contributed by atoms with Gasteiger partial charge in [-0.3, -0.25) is 0 Å². The van der Waals surface area contributed by atoms with Crippen LogP contribution in [0.3, 0.4) is 0 Å². The topological polar surface area (TPSA) is 35.2 Å². The first kappa shape index (κ1) is 22.4. The molecule has 29 heavy (non-hydrogen) atoms. The highest BCUT2D eigenvalue weighted by molar-refractivity contribution is 5.58. The van der Waals surface area contributed by atoms with E-state index in [0.29, 0.717) is 24.3 Å². The highest BCUT2D eigenvalue weighted by Crippen LogP contribution is 2.47. The molecule has 2 rings (SSSR count). The molecule has 0 aromatic heterocycles. The molecule has 2 aromatic rings. The Labute approximate surface area is 156 Å². The summed E-state index contributed by atoms with van der Waals surface area (Å²) in [7, 11) is 0. The van der Waals surface area contributed by atoms with Gasteiger partial charge < -0.3 is 10.5 Å². The van der Waals surface area contributed by atoms with Crippen molar-refractivity contribution in [3.63, 3.8) is 0 Å². The van der Waals surface area contributed by atoms with Crippen LogP contribution in [0.2, 0.25) is 0 Å². The molecule has 1 atom stereocenters. The molecule has 0 radical (unpaired) electrons. The minimum Gasteiger partial charge on any atom is -0.449 e. The van der Waals surface area contributed by atoms with E-state index in [0.717, 1.165) is 0 Å². The lowest BCUT2D eigenvalue weighted by Crippen LogP contribution is -2.40. The summed E-state index contributed by atoms with van der Waals surface area (Å²) >= 11 is 0. The van der Waals surface area contributed by atoms with Gasteiger partial charge in [-0.25, -0.2) is 13.2 Å². The third-order valence-electron chi connectivity index (χ3n) is 3.70. The summed E-state index contributed by atoms with van der Waals surface area (Å²) in [5.41, 5.74) is 2.13. The quantitative estimate of drug-likeness (QED) is 0.333. The Balaban J connectivity index is 2.45. The molecular weight excluding hydrogens is 424 g/mol. The van der Waals surface area contributed by atoms with Gasteiger partial charge in [-0.2, -0.15) is 30.7 Å². The molecular formula is C17H9F10NO. The number of hydrogen-bond acceptors (Lipinski definition) is 2. The molecule has 0 saturated heterocycles. The highest BCUT2D eigenvalue weighted by Gasteiger charge is 2.63. The molecule has 0 fully saturated rings. The smallest absolute Gasteiger partial charge is 0.449 e. The first-order chi connectivity index (χ1) is 13.2. The van der Waals surface area contributed by atoms with E-state index in [1.54, 1.807) is 0 Å². The van der Waals surface area contributed by atoms with Gasteiger partial charge >= 0.3 is 12.1 Å². The lowest BCUT2D eigenvalue weighted by Gasteiger charge is -2.23. The van der Waals surface area contributed by atoms with Crippen molar-refractivity contribution >= 4 is 11.8 Å². The third-order valence-corrected chi connectivity index (χ3v) is 3.70. The van der Waals surface area contributed by atoms with Crippen LogP contribution in [0.4, 0.5) is 49.6 Å². The first-order valence-electron chi connectivity index (χ1n) is 7.38. The Morgan fingerprint density at radius 3 is 1.86 bits per heavy atom. The molecule has 158 valence electrons. The zero-order valence-corrected chi connectivity index (χ0v) is 13.9. The van der Waals surface area contributed by atoms with E-state index in [4.69, 9.17) is 5.73 Å². The standard InChI is InChI=1S/C17H9F10NO/c1-2-7-10(18)12(20)14(13(21)11(7)19)29-9-4-3-6(5-8(9)28)15(22)16(23,24)17(25,26)27/h2-5,15H,1,28H2. The Morgan fingerprint density at radius 2 is 1.45 bits per heavy atom. The van der Waals surface area contributed by atoms with Crippen molar-refractivity contribution in [2.75, 3.05) is 5.73 Å². The van der Waals surface area contributed by atoms with Crippen LogP contribution >= 0.6 is 0 Å². The number of alkyl halides is 6. The Kier molecular flexibility index (Phi) is 5.77. The largest absolute Gasteiger partial charge is 0.456 e. The minimum absolute atomic E-state index is 0.292. The van der Waals surface area contributed by atoms with Gasteiger partial charge in [0.2, 0.25) is 17.4 Å². The molecule has 0 amide bonds. The summed E-state index contributed by atoms with van der Waals surface area (Å²) in [6.07, 6.45) is -9.56. The van der Waals surface area contributed by atoms with Crippen LogP contribution in [0.25, 0.3) is 6.08 Å². The maximum Gasteiger partial charge on any atom is 0.456 e. The first-order valence-corrected chi connectivity index (χ1v) is 7.38. The molecule has 0 saturated carbocycles. The minimum atomic E-state index is -6.20. The number of halogens is 10. The molecule has 1 unspecified atom stereocenters. The monoisotopic (exact) mass is 433 g/mol. The van der Waals surface area contributed by atoms with E-state index in [-0.39, 0.29) is 0 Å². The van der Waals surface area contributed by atoms with Crippen LogP contribution in [-0.2, 0) is 0 Å². The molecule has 12 heteroatoms. The van der Waals surface area contributed by atoms with E-state index >= 15 is 0 Å². The van der Waals surface area contributed by atoms with Crippen molar-refractivity contribution in [3.8, 4) is 11.5 Å². The van der Waals surface area contributed by atoms with Gasteiger partial charge in [0.05, 0.1) is 11.3 Å². The SMILES string of the molecule is C=Cc1c(F)c(F)c(Oc2ccc(C(F)C(F)(F)C(F)(F)F)cc2N)c(F)c1F. The van der Waals surface area contributed by atoms with Gasteiger partial charge in [0.1, 0.15) is 0 Å². The zero-order chi connectivity index (χ0) is 22.3. The molecule has 0 aliphatic carbocycles. The molecule has 2 nitrogen and oxygen atoms in total. The lowest BCUT2D eigenvalue weighted by molar-refractivity contribution is -0.305. The van der Waals surface area contributed by atoms with Crippen LogP contribution in [0.15, 0.2) is 24.8 Å². The predicted molar refractivity (Wildman–Crippen MR) is 82.1 cm³/mol. The van der Waals surface area contributed by atoms with E-state index in [1.807, 2.05) is 0 Å². The number of benzene rings is 2. The van der Waals surface area contributed by atoms with Crippen LogP contribution in [-0.4, -0.2) is 12.1 Å². The fourth-order valence-electron chi connectivity index (χ4n) is 2.18. The van der Waals surface area contributed by atoms with Crippen molar-refractivity contribution in [3.05, 3.63) is 59.2 Å². The van der Waals surface area contributed by atoms with Gasteiger partial charge in [-0.15, -0.1) is 0 Å². The molecule has 0 heterocycles. The summed E-state index contributed by atoms with van der Waals surface area (Å²) < 4.78 is 136. The molecule has 0 aliphatic heterocycles. The van der Waals surface area contributed by atoms with Gasteiger partial charge in [-0.05, 0) is 17.7 Å². The lowest BCUT2D eigenvalue weighted by atomic mass is 10.0. The van der Waals surface area contributed by atoms with Gasteiger partial charge in [-0.1, -0.05) is 18.7 Å². The summed E-state index contributed by atoms with van der Waals surface area (Å²) in [6.45, 7) is 2.97. The maximum absolute atomic E-state index is 13.9. The van der Waals surface area contributed by atoms with Crippen molar-refractivity contribution < 1.29 is 48.6 Å². The van der Waals surface area contributed by atoms with Crippen molar-refractivity contribution in [1.82, 2.24) is 0 Å². The summed E-state index contributed by atoms with van der Waals surface area (Å²) in [4.78, 5) is 0. The predicted octanol–water partition coefficient (Wildman–Crippen LogP) is 6.47. The number of rotatable bonds is 5. The molecule has 2 N–H and O–H groups in total. The summed E-state index contributed by atoms with van der Waals surface area (Å²) in [5.74, 6) is -15.9. The average molecular weight is 433 g/mol. The van der Waals surface area contributed by atoms with Gasteiger partial charge in [0.25, 0.3) is 0 Å². The van der Waals surface area contributed by atoms with E-state index in [2.05, 4.69) is 11.3 Å². The number of nitrogens with two attached hydrogens (primary N) is 1. The highest BCUT2D eigenvalue weighted by atomic mass is 19.4. The van der Waals surface area contributed by atoms with Crippen LogP contribution in [0.5, 0.6) is 11.5 Å². The summed E-state index contributed by atoms with van der Waals surface area (Å²) in [5, 5.41) is 0. The van der Waals surface area contributed by atoms with Gasteiger partial charge in [0, 0.05) is 0 Å². The normalized spacial score (nSPS) is 13.3. The van der Waals surface area contributed by atoms with E-state index in [9.17, 15) is 43.9 Å². The number of ether oxygens (including phenoxy) is 1. The van der Waals surface area contributed by atoms with Crippen LogP contribution < -0.4 is 10.5 Å². The Morgan fingerprint density at radius 1 is 0.931 bits per heavy atom. The van der Waals surface area contributed by atoms with Crippen molar-refractivity contribution in [2.45, 2.75) is 18.3 Å². The zero-order valence-electron chi connectivity index (χ0n) is 13.9. The second-order valence-corrected chi connectivity index (χ2v) is 5.59. The van der Waals surface area contributed by atoms with Crippen LogP contribution in [0, 0.1) is 23.3 Å². The average Bonchev–Trinajstić information content (AvgIpc) is 2.63. The number of nitrogen functional groups attached to an aromatic ring is 1. The number of anilines is 1. The van der Waals surface area contributed by atoms with Crippen LogP contribution in [0.1, 0.15) is 17.3 Å². The molecule has 2 aromatic carbocycles.